The van der Waals surface area contributed by atoms with Crippen LogP contribution in [0.3, 0.4) is 0 Å². The summed E-state index contributed by atoms with van der Waals surface area (Å²) in [6, 6.07) is 16.5. The van der Waals surface area contributed by atoms with Gasteiger partial charge in [0.2, 0.25) is 11.8 Å². The first-order valence-electron chi connectivity index (χ1n) is 11.7. The van der Waals surface area contributed by atoms with Crippen molar-refractivity contribution >= 4 is 28.4 Å². The third-order valence-electron chi connectivity index (χ3n) is 6.06. The molecule has 1 aromatic heterocycles. The highest BCUT2D eigenvalue weighted by Gasteiger charge is 2.20. The first-order chi connectivity index (χ1) is 15.9. The molecule has 0 aliphatic rings. The highest BCUT2D eigenvalue weighted by Crippen LogP contribution is 2.19. The second-order valence-electron chi connectivity index (χ2n) is 8.78. The van der Waals surface area contributed by atoms with Gasteiger partial charge in [-0.25, -0.2) is 0 Å². The number of nitrogens with zero attached hydrogens (tertiary/aromatic N) is 3. The van der Waals surface area contributed by atoms with Gasteiger partial charge in [-0.05, 0) is 42.2 Å². The van der Waals surface area contributed by atoms with Crippen molar-refractivity contribution in [2.45, 2.75) is 39.7 Å². The fourth-order valence-electron chi connectivity index (χ4n) is 3.97. The van der Waals surface area contributed by atoms with Crippen LogP contribution < -0.4 is 4.90 Å². The molecule has 2 amide bonds. The van der Waals surface area contributed by atoms with Gasteiger partial charge in [-0.2, -0.15) is 0 Å². The number of carbonyl (C=O) groups excluding carboxylic acids is 2. The number of amides is 2. The van der Waals surface area contributed by atoms with Crippen LogP contribution in [-0.2, 0) is 22.6 Å². The van der Waals surface area contributed by atoms with Gasteiger partial charge in [0.25, 0.3) is 0 Å². The van der Waals surface area contributed by atoms with Crippen LogP contribution in [-0.4, -0.2) is 60.3 Å². The third kappa shape index (κ3) is 6.60. The van der Waals surface area contributed by atoms with Gasteiger partial charge >= 0.3 is 0 Å². The fraction of sp³-hybridized carbons (Fsp3) is 0.407. The van der Waals surface area contributed by atoms with E-state index < -0.39 is 0 Å². The molecule has 0 saturated heterocycles. The van der Waals surface area contributed by atoms with Crippen molar-refractivity contribution in [1.29, 1.82) is 0 Å². The maximum atomic E-state index is 13.3. The average molecular weight is 449 g/mol. The molecule has 0 saturated carbocycles. The van der Waals surface area contributed by atoms with Crippen LogP contribution in [0.15, 0.2) is 54.7 Å². The van der Waals surface area contributed by atoms with Gasteiger partial charge in [0, 0.05) is 63.4 Å². The number of nitrogens with one attached hydrogen (secondary N) is 1. The van der Waals surface area contributed by atoms with Crippen LogP contribution in [0.2, 0.25) is 0 Å². The zero-order valence-electron chi connectivity index (χ0n) is 20.3. The third-order valence-corrected chi connectivity index (χ3v) is 6.06. The Hall–Kier alpha value is -3.28. The number of benzene rings is 2. The summed E-state index contributed by atoms with van der Waals surface area (Å²) in [4.78, 5) is 34.4. The molecular formula is C27H36N4O2. The Kier molecular flexibility index (Phi) is 8.52. The first kappa shape index (κ1) is 24.4. The van der Waals surface area contributed by atoms with E-state index in [1.54, 1.807) is 11.8 Å². The van der Waals surface area contributed by atoms with Crippen molar-refractivity contribution in [3.05, 3.63) is 65.9 Å². The molecule has 6 nitrogen and oxygen atoms in total. The summed E-state index contributed by atoms with van der Waals surface area (Å²) in [5.41, 5.74) is 4.50. The molecule has 3 rings (SSSR count). The molecule has 0 spiro atoms. The smallest absolute Gasteiger partial charge is 0.242 e. The Bertz CT molecular complexity index is 1060. The molecule has 6 heteroatoms. The van der Waals surface area contributed by atoms with Gasteiger partial charge in [0.15, 0.2) is 0 Å². The lowest BCUT2D eigenvalue weighted by molar-refractivity contribution is -0.139. The van der Waals surface area contributed by atoms with Gasteiger partial charge in [-0.15, -0.1) is 0 Å². The molecule has 0 bridgehead atoms. The van der Waals surface area contributed by atoms with Crippen molar-refractivity contribution in [3.63, 3.8) is 0 Å². The van der Waals surface area contributed by atoms with E-state index in [4.69, 9.17) is 0 Å². The van der Waals surface area contributed by atoms with E-state index in [0.29, 0.717) is 19.6 Å². The van der Waals surface area contributed by atoms with Crippen molar-refractivity contribution in [1.82, 2.24) is 14.8 Å². The van der Waals surface area contributed by atoms with Gasteiger partial charge in [-0.3, -0.25) is 9.59 Å². The maximum Gasteiger partial charge on any atom is 0.242 e. The van der Waals surface area contributed by atoms with E-state index in [1.165, 1.54) is 10.9 Å². The Balaban J connectivity index is 1.76. The number of aromatic amines is 1. The second kappa shape index (κ2) is 11.5. The largest absolute Gasteiger partial charge is 0.378 e. The van der Waals surface area contributed by atoms with Crippen LogP contribution in [0.25, 0.3) is 10.9 Å². The number of carbonyl (C=O) groups is 2. The standard InChI is InChI=1S/C27H36N4O2/c1-5-6-16-30(21(2)32)20-27(33)31(19-22-11-13-24(14-12-22)29(3)4)17-15-23-18-28-26-10-8-7-9-25(23)26/h7-14,18,28H,5-6,15-17,19-20H2,1-4H3. The highest BCUT2D eigenvalue weighted by atomic mass is 16.2. The Labute approximate surface area is 197 Å². The second-order valence-corrected chi connectivity index (χ2v) is 8.78. The minimum Gasteiger partial charge on any atom is -0.378 e. The van der Waals surface area contributed by atoms with Crippen molar-refractivity contribution in [2.24, 2.45) is 0 Å². The lowest BCUT2D eigenvalue weighted by atomic mass is 10.1. The number of unbranched alkanes of at least 4 members (excludes halogenated alkanes) is 1. The number of para-hydroxylation sites is 1. The predicted octanol–water partition coefficient (Wildman–Crippen LogP) is 4.45. The number of H-pyrrole nitrogens is 1. The molecule has 0 aliphatic heterocycles. The van der Waals surface area contributed by atoms with Crippen LogP contribution in [0.5, 0.6) is 0 Å². The molecule has 1 heterocycles. The van der Waals surface area contributed by atoms with E-state index in [2.05, 4.69) is 53.2 Å². The topological polar surface area (TPSA) is 59.7 Å². The summed E-state index contributed by atoms with van der Waals surface area (Å²) in [6.07, 6.45) is 4.66. The lowest BCUT2D eigenvalue weighted by Crippen LogP contribution is -2.43. The summed E-state index contributed by atoms with van der Waals surface area (Å²) in [6.45, 7) is 5.48. The monoisotopic (exact) mass is 448 g/mol. The average Bonchev–Trinajstić information content (AvgIpc) is 3.22. The lowest BCUT2D eigenvalue weighted by Gasteiger charge is -2.27. The molecule has 176 valence electrons. The summed E-state index contributed by atoms with van der Waals surface area (Å²) >= 11 is 0. The van der Waals surface area contributed by atoms with E-state index >= 15 is 0 Å². The van der Waals surface area contributed by atoms with Gasteiger partial charge in [0.05, 0.1) is 6.54 Å². The van der Waals surface area contributed by atoms with Crippen LogP contribution in [0, 0.1) is 0 Å². The van der Waals surface area contributed by atoms with Gasteiger partial charge in [0.1, 0.15) is 0 Å². The molecule has 0 fully saturated rings. The minimum absolute atomic E-state index is 0.0159. The van der Waals surface area contributed by atoms with Crippen molar-refractivity contribution in [2.75, 3.05) is 38.6 Å². The van der Waals surface area contributed by atoms with E-state index in [1.807, 2.05) is 37.3 Å². The van der Waals surface area contributed by atoms with Crippen molar-refractivity contribution < 1.29 is 9.59 Å². The zero-order chi connectivity index (χ0) is 23.8. The number of aromatic nitrogens is 1. The molecule has 0 radical (unpaired) electrons. The van der Waals surface area contributed by atoms with E-state index in [9.17, 15) is 9.59 Å². The van der Waals surface area contributed by atoms with Crippen LogP contribution >= 0.6 is 0 Å². The predicted molar refractivity (Wildman–Crippen MR) is 135 cm³/mol. The molecule has 0 aliphatic carbocycles. The Morgan fingerprint density at radius 2 is 1.67 bits per heavy atom. The normalized spacial score (nSPS) is 10.9. The maximum absolute atomic E-state index is 13.3. The first-order valence-corrected chi connectivity index (χ1v) is 11.7. The summed E-state index contributed by atoms with van der Waals surface area (Å²) in [5, 5.41) is 1.19. The molecule has 33 heavy (non-hydrogen) atoms. The van der Waals surface area contributed by atoms with Crippen molar-refractivity contribution in [3.8, 4) is 0 Å². The Morgan fingerprint density at radius 3 is 2.33 bits per heavy atom. The van der Waals surface area contributed by atoms with E-state index in [-0.39, 0.29) is 18.4 Å². The SMILES string of the molecule is CCCCN(CC(=O)N(CCc1c[nH]c2ccccc12)Cc1ccc(N(C)C)cc1)C(C)=O. The molecule has 1 N–H and O–H groups in total. The quantitative estimate of drug-likeness (QED) is 0.471. The van der Waals surface area contributed by atoms with Crippen LogP contribution in [0.1, 0.15) is 37.8 Å². The number of hydrogen-bond donors (Lipinski definition) is 1. The molecule has 3 aromatic rings. The highest BCUT2D eigenvalue weighted by molar-refractivity contribution is 5.85. The molecule has 2 aromatic carbocycles. The molecular weight excluding hydrogens is 412 g/mol. The van der Waals surface area contributed by atoms with Crippen LogP contribution in [0.4, 0.5) is 5.69 Å². The molecule has 0 atom stereocenters. The number of rotatable bonds is 11. The zero-order valence-corrected chi connectivity index (χ0v) is 20.3. The van der Waals surface area contributed by atoms with E-state index in [0.717, 1.165) is 36.0 Å². The number of anilines is 1. The number of fused-ring (bicyclic) bond motifs is 1. The number of hydrogen-bond acceptors (Lipinski definition) is 3. The summed E-state index contributed by atoms with van der Waals surface area (Å²) in [7, 11) is 4.03. The minimum atomic E-state index is -0.0521. The fourth-order valence-corrected chi connectivity index (χ4v) is 3.97. The summed E-state index contributed by atoms with van der Waals surface area (Å²) < 4.78 is 0. The molecule has 0 unspecified atom stereocenters. The van der Waals surface area contributed by atoms with Gasteiger partial charge in [-0.1, -0.05) is 43.7 Å². The Morgan fingerprint density at radius 1 is 0.939 bits per heavy atom. The van der Waals surface area contributed by atoms with Gasteiger partial charge < -0.3 is 19.7 Å². The summed E-state index contributed by atoms with van der Waals surface area (Å²) in [5.74, 6) is -0.0680.